The smallest absolute Gasteiger partial charge is 0.311 e. The summed E-state index contributed by atoms with van der Waals surface area (Å²) in [6.07, 6.45) is -3.26. The lowest BCUT2D eigenvalue weighted by Crippen LogP contribution is -2.28. The molecule has 1 heterocycles. The van der Waals surface area contributed by atoms with Crippen LogP contribution in [0.2, 0.25) is 0 Å². The third-order valence-corrected chi connectivity index (χ3v) is 2.80. The van der Waals surface area contributed by atoms with E-state index in [4.69, 9.17) is 0 Å². The molecular weight excluding hydrogens is 255 g/mol. The third-order valence-electron chi connectivity index (χ3n) is 2.80. The van der Waals surface area contributed by atoms with Crippen LogP contribution >= 0.6 is 0 Å². The summed E-state index contributed by atoms with van der Waals surface area (Å²) < 4.78 is 38.9. The molecule has 0 radical (unpaired) electrons. The summed E-state index contributed by atoms with van der Waals surface area (Å²) in [4.78, 5) is 11.7. The number of hydrogen-bond donors (Lipinski definition) is 0. The highest BCUT2D eigenvalue weighted by Gasteiger charge is 2.34. The molecule has 0 saturated heterocycles. The number of pyridine rings is 1. The predicted octanol–water partition coefficient (Wildman–Crippen LogP) is 3.22. The SMILES string of the molecule is Cc1ccc(Cn2cccc(C(F)(F)F)c2=O)cc1. The average Bonchev–Trinajstić information content (AvgIpc) is 2.33. The molecule has 2 rings (SSSR count). The van der Waals surface area contributed by atoms with E-state index >= 15 is 0 Å². The molecule has 0 N–H and O–H groups in total. The summed E-state index contributed by atoms with van der Waals surface area (Å²) in [5.41, 5.74) is -0.315. The zero-order chi connectivity index (χ0) is 14.0. The first-order chi connectivity index (χ1) is 8.88. The van der Waals surface area contributed by atoms with Gasteiger partial charge in [0.25, 0.3) is 5.56 Å². The molecule has 2 nitrogen and oxygen atoms in total. The zero-order valence-corrected chi connectivity index (χ0v) is 10.2. The first kappa shape index (κ1) is 13.4. The van der Waals surface area contributed by atoms with E-state index in [1.165, 1.54) is 12.3 Å². The summed E-state index contributed by atoms with van der Waals surface area (Å²) >= 11 is 0. The summed E-state index contributed by atoms with van der Waals surface area (Å²) in [7, 11) is 0. The number of rotatable bonds is 2. The molecule has 1 aromatic carbocycles. The Kier molecular flexibility index (Phi) is 3.46. The van der Waals surface area contributed by atoms with Gasteiger partial charge in [0, 0.05) is 6.20 Å². The van der Waals surface area contributed by atoms with Crippen LogP contribution in [0.3, 0.4) is 0 Å². The van der Waals surface area contributed by atoms with Crippen LogP contribution in [-0.4, -0.2) is 4.57 Å². The quantitative estimate of drug-likeness (QED) is 0.818. The molecule has 0 spiro atoms. The normalized spacial score (nSPS) is 11.6. The van der Waals surface area contributed by atoms with Crippen molar-refractivity contribution in [3.8, 4) is 0 Å². The van der Waals surface area contributed by atoms with Crippen molar-refractivity contribution >= 4 is 0 Å². The molecule has 100 valence electrons. The van der Waals surface area contributed by atoms with E-state index in [2.05, 4.69) is 0 Å². The molecular formula is C14H12F3NO. The Morgan fingerprint density at radius 2 is 1.74 bits per heavy atom. The minimum Gasteiger partial charge on any atom is -0.311 e. The van der Waals surface area contributed by atoms with Crippen molar-refractivity contribution in [1.29, 1.82) is 0 Å². The van der Waals surface area contributed by atoms with E-state index in [-0.39, 0.29) is 6.54 Å². The highest BCUT2D eigenvalue weighted by Crippen LogP contribution is 2.26. The second-order valence-corrected chi connectivity index (χ2v) is 4.34. The Labute approximate surface area is 108 Å². The Morgan fingerprint density at radius 1 is 1.11 bits per heavy atom. The Bertz CT molecular complexity index is 626. The molecule has 0 atom stereocenters. The highest BCUT2D eigenvalue weighted by atomic mass is 19.4. The van der Waals surface area contributed by atoms with Crippen molar-refractivity contribution in [3.63, 3.8) is 0 Å². The molecule has 19 heavy (non-hydrogen) atoms. The standard InChI is InChI=1S/C14H12F3NO/c1-10-4-6-11(7-5-10)9-18-8-2-3-12(13(18)19)14(15,16)17/h2-8H,9H2,1H3. The van der Waals surface area contributed by atoms with Crippen LogP contribution in [0.25, 0.3) is 0 Å². The lowest BCUT2D eigenvalue weighted by Gasteiger charge is -2.10. The van der Waals surface area contributed by atoms with Gasteiger partial charge in [0.05, 0.1) is 6.54 Å². The maximum Gasteiger partial charge on any atom is 0.421 e. The minimum atomic E-state index is -4.62. The van der Waals surface area contributed by atoms with Crippen molar-refractivity contribution < 1.29 is 13.2 Å². The molecule has 0 aliphatic carbocycles. The van der Waals surface area contributed by atoms with Crippen LogP contribution in [0, 0.1) is 6.92 Å². The van der Waals surface area contributed by atoms with Gasteiger partial charge in [-0.3, -0.25) is 4.79 Å². The van der Waals surface area contributed by atoms with Crippen molar-refractivity contribution in [3.05, 3.63) is 69.6 Å². The van der Waals surface area contributed by atoms with E-state index in [9.17, 15) is 18.0 Å². The number of nitrogens with zero attached hydrogens (tertiary/aromatic N) is 1. The molecule has 0 unspecified atom stereocenters. The van der Waals surface area contributed by atoms with Crippen molar-refractivity contribution in [2.75, 3.05) is 0 Å². The zero-order valence-electron chi connectivity index (χ0n) is 10.2. The van der Waals surface area contributed by atoms with Crippen LogP contribution < -0.4 is 5.56 Å². The maximum atomic E-state index is 12.6. The summed E-state index contributed by atoms with van der Waals surface area (Å²) in [5, 5.41) is 0. The summed E-state index contributed by atoms with van der Waals surface area (Å²) in [6.45, 7) is 2.04. The lowest BCUT2D eigenvalue weighted by atomic mass is 10.1. The van der Waals surface area contributed by atoms with Gasteiger partial charge in [-0.05, 0) is 24.6 Å². The number of aryl methyl sites for hydroxylation is 1. The second kappa shape index (κ2) is 4.91. The Hall–Kier alpha value is -2.04. The number of benzene rings is 1. The number of hydrogen-bond acceptors (Lipinski definition) is 1. The second-order valence-electron chi connectivity index (χ2n) is 4.34. The first-order valence-electron chi connectivity index (χ1n) is 5.70. The molecule has 2 aromatic rings. The van der Waals surface area contributed by atoms with Crippen LogP contribution in [-0.2, 0) is 12.7 Å². The molecule has 0 saturated carbocycles. The molecule has 0 bridgehead atoms. The van der Waals surface area contributed by atoms with Gasteiger partial charge in [-0.2, -0.15) is 13.2 Å². The third kappa shape index (κ3) is 3.05. The molecule has 5 heteroatoms. The van der Waals surface area contributed by atoms with Gasteiger partial charge in [-0.15, -0.1) is 0 Å². The fourth-order valence-electron chi connectivity index (χ4n) is 1.77. The van der Waals surface area contributed by atoms with Gasteiger partial charge in [0.2, 0.25) is 0 Å². The van der Waals surface area contributed by atoms with E-state index in [0.29, 0.717) is 0 Å². The molecule has 0 aliphatic rings. The summed E-state index contributed by atoms with van der Waals surface area (Å²) in [5.74, 6) is 0. The van der Waals surface area contributed by atoms with Crippen LogP contribution in [0.5, 0.6) is 0 Å². The summed E-state index contributed by atoms with van der Waals surface area (Å²) in [6, 6.07) is 9.33. The number of halogens is 3. The first-order valence-corrected chi connectivity index (χ1v) is 5.70. The average molecular weight is 267 g/mol. The van der Waals surface area contributed by atoms with Crippen LogP contribution in [0.4, 0.5) is 13.2 Å². The minimum absolute atomic E-state index is 0.128. The Morgan fingerprint density at radius 3 is 2.32 bits per heavy atom. The fourth-order valence-corrected chi connectivity index (χ4v) is 1.77. The molecule has 1 aromatic heterocycles. The molecule has 0 amide bonds. The number of aromatic nitrogens is 1. The maximum absolute atomic E-state index is 12.6. The van der Waals surface area contributed by atoms with Gasteiger partial charge >= 0.3 is 6.18 Å². The van der Waals surface area contributed by atoms with E-state index in [1.54, 1.807) is 12.1 Å². The van der Waals surface area contributed by atoms with Gasteiger partial charge in [0.15, 0.2) is 0 Å². The van der Waals surface area contributed by atoms with E-state index in [0.717, 1.165) is 21.8 Å². The van der Waals surface area contributed by atoms with E-state index in [1.807, 2.05) is 19.1 Å². The van der Waals surface area contributed by atoms with Gasteiger partial charge in [-0.1, -0.05) is 29.8 Å². The van der Waals surface area contributed by atoms with Gasteiger partial charge < -0.3 is 4.57 Å². The number of alkyl halides is 3. The van der Waals surface area contributed by atoms with Gasteiger partial charge in [-0.25, -0.2) is 0 Å². The van der Waals surface area contributed by atoms with E-state index < -0.39 is 17.3 Å². The Balaban J connectivity index is 2.37. The predicted molar refractivity (Wildman–Crippen MR) is 66.0 cm³/mol. The topological polar surface area (TPSA) is 22.0 Å². The monoisotopic (exact) mass is 267 g/mol. The van der Waals surface area contributed by atoms with Crippen LogP contribution in [0.1, 0.15) is 16.7 Å². The lowest BCUT2D eigenvalue weighted by molar-refractivity contribution is -0.138. The largest absolute Gasteiger partial charge is 0.421 e. The fraction of sp³-hybridized carbons (Fsp3) is 0.214. The van der Waals surface area contributed by atoms with Crippen molar-refractivity contribution in [2.24, 2.45) is 0 Å². The van der Waals surface area contributed by atoms with Gasteiger partial charge in [0.1, 0.15) is 5.56 Å². The molecule has 0 aliphatic heterocycles. The van der Waals surface area contributed by atoms with Crippen LogP contribution in [0.15, 0.2) is 47.4 Å². The van der Waals surface area contributed by atoms with Crippen molar-refractivity contribution in [2.45, 2.75) is 19.6 Å². The highest BCUT2D eigenvalue weighted by molar-refractivity contribution is 5.22. The van der Waals surface area contributed by atoms with Crippen molar-refractivity contribution in [1.82, 2.24) is 4.57 Å². The molecule has 0 fully saturated rings.